The second kappa shape index (κ2) is 6.40. The van der Waals surface area contributed by atoms with Crippen molar-refractivity contribution in [3.05, 3.63) is 0 Å². The van der Waals surface area contributed by atoms with Gasteiger partial charge in [-0.1, -0.05) is 5.92 Å². The maximum atomic E-state index is 12.5. The van der Waals surface area contributed by atoms with Gasteiger partial charge in [0.2, 0.25) is 0 Å². The third-order valence-electron chi connectivity index (χ3n) is 2.34. The Morgan fingerprint density at radius 1 is 1.35 bits per heavy atom. The molecule has 0 saturated carbocycles. The van der Waals surface area contributed by atoms with E-state index in [1.54, 1.807) is 0 Å². The van der Waals surface area contributed by atoms with Gasteiger partial charge >= 0.3 is 6.30 Å². The van der Waals surface area contributed by atoms with E-state index in [1.165, 1.54) is 0 Å². The molecular weight excluding hydrogens is 231 g/mol. The summed E-state index contributed by atoms with van der Waals surface area (Å²) in [6, 6.07) is 0. The Labute approximate surface area is 98.2 Å². The Bertz CT molecular complexity index is 349. The van der Waals surface area contributed by atoms with E-state index >= 15 is 0 Å². The van der Waals surface area contributed by atoms with Crippen LogP contribution in [0.5, 0.6) is 0 Å². The van der Waals surface area contributed by atoms with Gasteiger partial charge in [0.05, 0.1) is 18.8 Å². The molecule has 0 aliphatic carbocycles. The summed E-state index contributed by atoms with van der Waals surface area (Å²) in [5.41, 5.74) is 0.538. The Morgan fingerprint density at radius 3 is 2.76 bits per heavy atom. The first kappa shape index (κ1) is 13.7. The van der Waals surface area contributed by atoms with Gasteiger partial charge < -0.3 is 5.41 Å². The quantitative estimate of drug-likeness (QED) is 0.429. The van der Waals surface area contributed by atoms with Crippen molar-refractivity contribution in [2.75, 3.05) is 19.6 Å². The summed E-state index contributed by atoms with van der Waals surface area (Å²) in [4.78, 5) is 4.33. The van der Waals surface area contributed by atoms with Crippen LogP contribution >= 0.6 is 0 Å². The second-order valence-corrected chi connectivity index (χ2v) is 3.61. The normalized spacial score (nSPS) is 19.6. The van der Waals surface area contributed by atoms with Crippen LogP contribution in [0.4, 0.5) is 13.2 Å². The first-order chi connectivity index (χ1) is 8.04. The van der Waals surface area contributed by atoms with E-state index in [0.717, 1.165) is 12.6 Å². The number of nitrogens with zero attached hydrogens (tertiary/aromatic N) is 2. The molecule has 0 spiro atoms. The van der Waals surface area contributed by atoms with Crippen LogP contribution in [-0.2, 0) is 0 Å². The molecule has 1 heterocycles. The fraction of sp³-hybridized carbons (Fsp3) is 0.636. The number of alkyl halides is 3. The molecule has 1 rings (SSSR count). The van der Waals surface area contributed by atoms with Gasteiger partial charge in [0.15, 0.2) is 0 Å². The zero-order valence-corrected chi connectivity index (χ0v) is 9.35. The van der Waals surface area contributed by atoms with E-state index < -0.39 is 6.30 Å². The molecule has 6 heteroatoms. The minimum atomic E-state index is -4.37. The largest absolute Gasteiger partial charge is 0.460 e. The summed E-state index contributed by atoms with van der Waals surface area (Å²) in [7, 11) is 0. The molecule has 0 aromatic rings. The standard InChI is InChI=1S/C11H14F3N3/c12-11(13,14)17-7-4-2-1-3-5-10(9-15)16-6-8-17/h9,15H,1,3,5-8H2. The molecule has 0 atom stereocenters. The van der Waals surface area contributed by atoms with Gasteiger partial charge in [-0.25, -0.2) is 4.90 Å². The summed E-state index contributed by atoms with van der Waals surface area (Å²) >= 11 is 0. The van der Waals surface area contributed by atoms with Gasteiger partial charge in [0, 0.05) is 19.2 Å². The number of hydrogen-bond acceptors (Lipinski definition) is 3. The van der Waals surface area contributed by atoms with Gasteiger partial charge in [-0.2, -0.15) is 13.2 Å². The number of hydrogen-bond donors (Lipinski definition) is 1. The lowest BCUT2D eigenvalue weighted by Gasteiger charge is -2.21. The van der Waals surface area contributed by atoms with Gasteiger partial charge in [0.25, 0.3) is 0 Å². The lowest BCUT2D eigenvalue weighted by molar-refractivity contribution is -0.240. The highest BCUT2D eigenvalue weighted by molar-refractivity contribution is 6.29. The summed E-state index contributed by atoms with van der Waals surface area (Å²) in [5.74, 6) is 5.23. The van der Waals surface area contributed by atoms with Crippen LogP contribution < -0.4 is 0 Å². The zero-order valence-electron chi connectivity index (χ0n) is 9.35. The molecular formula is C11H14F3N3. The van der Waals surface area contributed by atoms with Crippen molar-refractivity contribution in [3.63, 3.8) is 0 Å². The third kappa shape index (κ3) is 5.00. The predicted molar refractivity (Wildman–Crippen MR) is 60.3 cm³/mol. The van der Waals surface area contributed by atoms with Crippen LogP contribution in [0.2, 0.25) is 0 Å². The minimum absolute atomic E-state index is 0.0475. The Balaban J connectivity index is 2.73. The van der Waals surface area contributed by atoms with Crippen molar-refractivity contribution in [2.24, 2.45) is 4.99 Å². The highest BCUT2D eigenvalue weighted by Crippen LogP contribution is 2.20. The number of rotatable bonds is 1. The molecule has 0 unspecified atom stereocenters. The van der Waals surface area contributed by atoms with Gasteiger partial charge in [-0.05, 0) is 12.8 Å². The molecule has 1 N–H and O–H groups in total. The van der Waals surface area contributed by atoms with Crippen LogP contribution in [0.25, 0.3) is 0 Å². The minimum Gasteiger partial charge on any atom is -0.307 e. The second-order valence-electron chi connectivity index (χ2n) is 3.61. The molecule has 0 aromatic heterocycles. The highest BCUT2D eigenvalue weighted by atomic mass is 19.4. The highest BCUT2D eigenvalue weighted by Gasteiger charge is 2.35. The fourth-order valence-corrected chi connectivity index (χ4v) is 1.40. The van der Waals surface area contributed by atoms with E-state index in [2.05, 4.69) is 16.8 Å². The number of aliphatic imine (C=N–C) groups is 1. The molecule has 3 nitrogen and oxygen atoms in total. The zero-order chi connectivity index (χ0) is 12.7. The van der Waals surface area contributed by atoms with Crippen LogP contribution in [-0.4, -0.2) is 42.8 Å². The number of nitrogens with one attached hydrogen (secondary N) is 1. The van der Waals surface area contributed by atoms with Crippen LogP contribution in [0.15, 0.2) is 4.99 Å². The van der Waals surface area contributed by atoms with Gasteiger partial charge in [-0.15, -0.1) is 5.92 Å². The SMILES string of the molecule is N=CC1=NCCN(C(F)(F)F)CC#CCCC1. The molecule has 1 aliphatic rings. The average Bonchev–Trinajstić information content (AvgIpc) is 2.31. The first-order valence-corrected chi connectivity index (χ1v) is 5.35. The average molecular weight is 245 g/mol. The van der Waals surface area contributed by atoms with Crippen LogP contribution in [0.1, 0.15) is 19.3 Å². The van der Waals surface area contributed by atoms with Crippen molar-refractivity contribution in [1.82, 2.24) is 4.90 Å². The molecule has 1 aliphatic heterocycles. The van der Waals surface area contributed by atoms with Gasteiger partial charge in [0.1, 0.15) is 0 Å². The lowest BCUT2D eigenvalue weighted by atomic mass is 10.2. The van der Waals surface area contributed by atoms with E-state index in [-0.39, 0.29) is 19.6 Å². The molecule has 0 aromatic carbocycles. The van der Waals surface area contributed by atoms with E-state index in [1.807, 2.05) is 0 Å². The molecule has 17 heavy (non-hydrogen) atoms. The Kier molecular flexibility index (Phi) is 5.16. The summed E-state index contributed by atoms with van der Waals surface area (Å²) < 4.78 is 37.6. The molecule has 94 valence electrons. The lowest BCUT2D eigenvalue weighted by Crippen LogP contribution is -2.40. The van der Waals surface area contributed by atoms with Crippen molar-refractivity contribution in [2.45, 2.75) is 25.6 Å². The fourth-order valence-electron chi connectivity index (χ4n) is 1.40. The van der Waals surface area contributed by atoms with E-state index in [0.29, 0.717) is 23.5 Å². The topological polar surface area (TPSA) is 39.5 Å². The summed E-state index contributed by atoms with van der Waals surface area (Å²) in [6.07, 6.45) is -1.40. The van der Waals surface area contributed by atoms with Crippen molar-refractivity contribution < 1.29 is 13.2 Å². The van der Waals surface area contributed by atoms with Crippen LogP contribution in [0, 0.1) is 17.3 Å². The molecule has 0 saturated heterocycles. The summed E-state index contributed by atoms with van der Waals surface area (Å²) in [6.45, 7) is -0.472. The van der Waals surface area contributed by atoms with Gasteiger partial charge in [-0.3, -0.25) is 4.99 Å². The smallest absolute Gasteiger partial charge is 0.307 e. The van der Waals surface area contributed by atoms with E-state index in [9.17, 15) is 13.2 Å². The van der Waals surface area contributed by atoms with Crippen molar-refractivity contribution in [3.8, 4) is 11.8 Å². The molecule has 0 amide bonds. The van der Waals surface area contributed by atoms with Crippen LogP contribution in [0.3, 0.4) is 0 Å². The third-order valence-corrected chi connectivity index (χ3v) is 2.34. The van der Waals surface area contributed by atoms with Crippen molar-refractivity contribution in [1.29, 1.82) is 5.41 Å². The monoisotopic (exact) mass is 245 g/mol. The maximum Gasteiger partial charge on any atom is 0.460 e. The van der Waals surface area contributed by atoms with Crippen molar-refractivity contribution >= 4 is 11.9 Å². The molecule has 0 fully saturated rings. The molecule has 0 radical (unpaired) electrons. The number of halogens is 3. The summed E-state index contributed by atoms with van der Waals surface area (Å²) in [5, 5.41) is 7.09. The maximum absolute atomic E-state index is 12.5. The predicted octanol–water partition coefficient (Wildman–Crippen LogP) is 2.09. The first-order valence-electron chi connectivity index (χ1n) is 5.35. The Morgan fingerprint density at radius 2 is 2.12 bits per heavy atom. The Hall–Kier alpha value is -1.35. The van der Waals surface area contributed by atoms with E-state index in [4.69, 9.17) is 5.41 Å². The molecule has 0 bridgehead atoms.